The SMILES string of the molecule is COc1ccc(Cl)cc1NC(=O)CN(Cc1ccco1)S(C)(=O)=O. The smallest absolute Gasteiger partial charge is 0.239 e. The lowest BCUT2D eigenvalue weighted by Crippen LogP contribution is -2.36. The van der Waals surface area contributed by atoms with Crippen molar-refractivity contribution in [3.05, 3.63) is 47.4 Å². The Labute approximate surface area is 145 Å². The van der Waals surface area contributed by atoms with E-state index in [-0.39, 0.29) is 13.1 Å². The molecule has 2 rings (SSSR count). The van der Waals surface area contributed by atoms with Gasteiger partial charge in [-0.25, -0.2) is 8.42 Å². The number of halogens is 1. The molecule has 1 aromatic heterocycles. The summed E-state index contributed by atoms with van der Waals surface area (Å²) in [5.74, 6) is 0.339. The minimum absolute atomic E-state index is 0.0358. The molecule has 1 amide bonds. The van der Waals surface area contributed by atoms with Gasteiger partial charge < -0.3 is 14.5 Å². The lowest BCUT2D eigenvalue weighted by molar-refractivity contribution is -0.116. The summed E-state index contributed by atoms with van der Waals surface area (Å²) < 4.78 is 35.0. The van der Waals surface area contributed by atoms with E-state index in [1.807, 2.05) is 0 Å². The molecule has 130 valence electrons. The van der Waals surface area contributed by atoms with Crippen molar-refractivity contribution >= 4 is 33.2 Å². The summed E-state index contributed by atoms with van der Waals surface area (Å²) >= 11 is 5.90. The highest BCUT2D eigenvalue weighted by Crippen LogP contribution is 2.27. The number of benzene rings is 1. The molecule has 7 nitrogen and oxygen atoms in total. The monoisotopic (exact) mass is 372 g/mol. The molecule has 1 N–H and O–H groups in total. The van der Waals surface area contributed by atoms with Crippen molar-refractivity contribution in [2.45, 2.75) is 6.54 Å². The van der Waals surface area contributed by atoms with Gasteiger partial charge in [0.2, 0.25) is 15.9 Å². The number of ether oxygens (including phenoxy) is 1. The van der Waals surface area contributed by atoms with Gasteiger partial charge in [-0.05, 0) is 30.3 Å². The molecule has 0 fully saturated rings. The van der Waals surface area contributed by atoms with Crippen LogP contribution >= 0.6 is 11.6 Å². The number of sulfonamides is 1. The Morgan fingerprint density at radius 2 is 2.12 bits per heavy atom. The van der Waals surface area contributed by atoms with Crippen LogP contribution < -0.4 is 10.1 Å². The maximum Gasteiger partial charge on any atom is 0.239 e. The molecule has 1 aromatic carbocycles. The lowest BCUT2D eigenvalue weighted by atomic mass is 10.3. The average Bonchev–Trinajstić information content (AvgIpc) is 2.99. The van der Waals surface area contributed by atoms with Crippen LogP contribution in [0.2, 0.25) is 5.02 Å². The van der Waals surface area contributed by atoms with Crippen LogP contribution in [0.15, 0.2) is 41.0 Å². The second kappa shape index (κ2) is 7.69. The maximum atomic E-state index is 12.2. The number of anilines is 1. The Kier molecular flexibility index (Phi) is 5.87. The van der Waals surface area contributed by atoms with Crippen molar-refractivity contribution in [1.29, 1.82) is 0 Å². The summed E-state index contributed by atoms with van der Waals surface area (Å²) in [6.07, 6.45) is 2.47. The molecule has 0 unspecified atom stereocenters. The van der Waals surface area contributed by atoms with Gasteiger partial charge >= 0.3 is 0 Å². The standard InChI is InChI=1S/C15H17ClN2O5S/c1-22-14-6-5-11(16)8-13(14)17-15(19)10-18(24(2,20)21)9-12-4-3-7-23-12/h3-8H,9-10H2,1-2H3,(H,17,19). The normalized spacial score (nSPS) is 11.5. The third-order valence-corrected chi connectivity index (χ3v) is 4.57. The zero-order valence-corrected chi connectivity index (χ0v) is 14.7. The molecular formula is C15H17ClN2O5S. The van der Waals surface area contributed by atoms with Crippen LogP contribution in [0.25, 0.3) is 0 Å². The van der Waals surface area contributed by atoms with E-state index in [0.717, 1.165) is 10.6 Å². The second-order valence-electron chi connectivity index (χ2n) is 5.00. The number of rotatable bonds is 7. The summed E-state index contributed by atoms with van der Waals surface area (Å²) in [5, 5.41) is 3.02. The number of amides is 1. The quantitative estimate of drug-likeness (QED) is 0.805. The first kappa shape index (κ1) is 18.3. The molecule has 9 heteroatoms. The number of furan rings is 1. The zero-order valence-electron chi connectivity index (χ0n) is 13.2. The van der Waals surface area contributed by atoms with Gasteiger partial charge in [0.15, 0.2) is 0 Å². The molecule has 0 saturated heterocycles. The summed E-state index contributed by atoms with van der Waals surface area (Å²) in [6.45, 7) is -0.402. The predicted octanol–water partition coefficient (Wildman–Crippen LogP) is 2.34. The Morgan fingerprint density at radius 1 is 1.38 bits per heavy atom. The van der Waals surface area contributed by atoms with Crippen molar-refractivity contribution in [3.8, 4) is 5.75 Å². The maximum absolute atomic E-state index is 12.2. The van der Waals surface area contributed by atoms with Crippen LogP contribution in [0.4, 0.5) is 5.69 Å². The van der Waals surface area contributed by atoms with Gasteiger partial charge in [0.1, 0.15) is 11.5 Å². The highest BCUT2D eigenvalue weighted by atomic mass is 35.5. The fraction of sp³-hybridized carbons (Fsp3) is 0.267. The first-order valence-corrected chi connectivity index (χ1v) is 9.13. The number of hydrogen-bond acceptors (Lipinski definition) is 5. The molecule has 0 atom stereocenters. The fourth-order valence-electron chi connectivity index (χ4n) is 1.99. The van der Waals surface area contributed by atoms with E-state index in [1.54, 1.807) is 24.3 Å². The Hall–Kier alpha value is -2.03. The molecule has 0 spiro atoms. The van der Waals surface area contributed by atoms with Crippen molar-refractivity contribution in [2.24, 2.45) is 0 Å². The van der Waals surface area contributed by atoms with E-state index in [4.69, 9.17) is 20.8 Å². The number of nitrogens with zero attached hydrogens (tertiary/aromatic N) is 1. The van der Waals surface area contributed by atoms with Gasteiger partial charge in [-0.15, -0.1) is 0 Å². The molecular weight excluding hydrogens is 356 g/mol. The summed E-state index contributed by atoms with van der Waals surface area (Å²) in [4.78, 5) is 12.2. The predicted molar refractivity (Wildman–Crippen MR) is 90.6 cm³/mol. The molecule has 2 aromatic rings. The summed E-state index contributed by atoms with van der Waals surface area (Å²) in [5.41, 5.74) is 0.362. The van der Waals surface area contributed by atoms with E-state index in [0.29, 0.717) is 22.2 Å². The molecule has 0 aliphatic carbocycles. The molecule has 1 heterocycles. The van der Waals surface area contributed by atoms with Crippen molar-refractivity contribution < 1.29 is 22.4 Å². The molecule has 0 aliphatic heterocycles. The van der Waals surface area contributed by atoms with Gasteiger partial charge in [-0.3, -0.25) is 4.79 Å². The van der Waals surface area contributed by atoms with Crippen molar-refractivity contribution in [2.75, 3.05) is 25.2 Å². The van der Waals surface area contributed by atoms with E-state index < -0.39 is 15.9 Å². The molecule has 0 saturated carbocycles. The van der Waals surface area contributed by atoms with Crippen LogP contribution in [0.1, 0.15) is 5.76 Å². The zero-order chi connectivity index (χ0) is 17.7. The van der Waals surface area contributed by atoms with E-state index in [1.165, 1.54) is 19.4 Å². The lowest BCUT2D eigenvalue weighted by Gasteiger charge is -2.19. The van der Waals surface area contributed by atoms with Crippen LogP contribution in [0, 0.1) is 0 Å². The summed E-state index contributed by atoms with van der Waals surface area (Å²) in [6, 6.07) is 8.03. The Morgan fingerprint density at radius 3 is 2.71 bits per heavy atom. The number of carbonyl (C=O) groups is 1. The minimum Gasteiger partial charge on any atom is -0.495 e. The summed E-state index contributed by atoms with van der Waals surface area (Å²) in [7, 11) is -2.14. The Balaban J connectivity index is 2.12. The first-order valence-electron chi connectivity index (χ1n) is 6.90. The molecule has 0 aliphatic rings. The second-order valence-corrected chi connectivity index (χ2v) is 7.42. The van der Waals surface area contributed by atoms with Crippen molar-refractivity contribution in [3.63, 3.8) is 0 Å². The van der Waals surface area contributed by atoms with Gasteiger partial charge in [0, 0.05) is 5.02 Å². The van der Waals surface area contributed by atoms with Crippen LogP contribution in [-0.4, -0.2) is 38.5 Å². The van der Waals surface area contributed by atoms with E-state index in [9.17, 15) is 13.2 Å². The Bertz CT molecular complexity index is 805. The first-order chi connectivity index (χ1) is 11.3. The third kappa shape index (κ3) is 4.98. The number of carbonyl (C=O) groups excluding carboxylic acids is 1. The van der Waals surface area contributed by atoms with Gasteiger partial charge in [0.25, 0.3) is 0 Å². The minimum atomic E-state index is -3.60. The number of nitrogens with one attached hydrogen (secondary N) is 1. The van der Waals surface area contributed by atoms with Gasteiger partial charge in [-0.2, -0.15) is 4.31 Å². The van der Waals surface area contributed by atoms with E-state index >= 15 is 0 Å². The highest BCUT2D eigenvalue weighted by molar-refractivity contribution is 7.88. The third-order valence-electron chi connectivity index (χ3n) is 3.14. The largest absolute Gasteiger partial charge is 0.495 e. The average molecular weight is 373 g/mol. The number of methoxy groups -OCH3 is 1. The number of hydrogen-bond donors (Lipinski definition) is 1. The van der Waals surface area contributed by atoms with E-state index in [2.05, 4.69) is 5.32 Å². The van der Waals surface area contributed by atoms with Crippen LogP contribution in [0.5, 0.6) is 5.75 Å². The van der Waals surface area contributed by atoms with Crippen LogP contribution in [-0.2, 0) is 21.4 Å². The molecule has 0 radical (unpaired) electrons. The molecule has 24 heavy (non-hydrogen) atoms. The molecule has 0 bridgehead atoms. The van der Waals surface area contributed by atoms with Gasteiger partial charge in [-0.1, -0.05) is 11.6 Å². The fourth-order valence-corrected chi connectivity index (χ4v) is 2.88. The van der Waals surface area contributed by atoms with Crippen LogP contribution in [0.3, 0.4) is 0 Å². The van der Waals surface area contributed by atoms with Crippen molar-refractivity contribution in [1.82, 2.24) is 4.31 Å². The highest BCUT2D eigenvalue weighted by Gasteiger charge is 2.22. The topological polar surface area (TPSA) is 88.8 Å². The van der Waals surface area contributed by atoms with Gasteiger partial charge in [0.05, 0.1) is 38.4 Å².